The highest BCUT2D eigenvalue weighted by Crippen LogP contribution is 2.28. The highest BCUT2D eigenvalue weighted by Gasteiger charge is 2.33. The molecule has 3 aromatic rings. The van der Waals surface area contributed by atoms with Crippen LogP contribution in [0.25, 0.3) is 10.9 Å². The van der Waals surface area contributed by atoms with E-state index in [1.807, 2.05) is 49.4 Å². The van der Waals surface area contributed by atoms with Gasteiger partial charge in [-0.1, -0.05) is 35.9 Å². The summed E-state index contributed by atoms with van der Waals surface area (Å²) in [6.45, 7) is 2.74. The number of hydrogen-bond acceptors (Lipinski definition) is 4. The maximum atomic E-state index is 12.8. The number of ether oxygens (including phenoxy) is 1. The average Bonchev–Trinajstić information content (AvgIpc) is 3.12. The second-order valence-corrected chi connectivity index (χ2v) is 8.47. The first-order valence-electron chi connectivity index (χ1n) is 8.61. The summed E-state index contributed by atoms with van der Waals surface area (Å²) in [5.74, 6) is 0.697. The van der Waals surface area contributed by atoms with Crippen LogP contribution in [0.15, 0.2) is 65.7 Å². The Hall–Kier alpha value is -2.44. The van der Waals surface area contributed by atoms with E-state index in [0.717, 1.165) is 16.5 Å². The molecule has 0 N–H and O–H groups in total. The van der Waals surface area contributed by atoms with Crippen LogP contribution >= 0.6 is 0 Å². The lowest BCUT2D eigenvalue weighted by molar-refractivity contribution is 0.218. The lowest BCUT2D eigenvalue weighted by Crippen LogP contribution is -2.31. The number of benzene rings is 2. The van der Waals surface area contributed by atoms with Crippen molar-refractivity contribution in [3.63, 3.8) is 0 Å². The van der Waals surface area contributed by atoms with E-state index in [-0.39, 0.29) is 6.10 Å². The SMILES string of the molecule is Cc1ccc(S(=O)(=O)N2CCC(Oc3cccc4cccnc34)C2)cc1. The zero-order chi connectivity index (χ0) is 18.1. The van der Waals surface area contributed by atoms with Crippen molar-refractivity contribution in [3.05, 3.63) is 66.4 Å². The molecule has 1 atom stereocenters. The van der Waals surface area contributed by atoms with Crippen molar-refractivity contribution in [2.75, 3.05) is 13.1 Å². The topological polar surface area (TPSA) is 59.5 Å². The van der Waals surface area contributed by atoms with Gasteiger partial charge in [0.1, 0.15) is 17.4 Å². The van der Waals surface area contributed by atoms with Crippen molar-refractivity contribution in [2.24, 2.45) is 0 Å². The summed E-state index contributed by atoms with van der Waals surface area (Å²) in [5, 5.41) is 1.01. The van der Waals surface area contributed by atoms with Crippen molar-refractivity contribution in [1.82, 2.24) is 9.29 Å². The summed E-state index contributed by atoms with van der Waals surface area (Å²) in [7, 11) is -3.49. The van der Waals surface area contributed by atoms with Gasteiger partial charge in [0, 0.05) is 18.1 Å². The van der Waals surface area contributed by atoms with E-state index in [9.17, 15) is 8.42 Å². The molecule has 1 aliphatic rings. The third-order valence-electron chi connectivity index (χ3n) is 4.66. The van der Waals surface area contributed by atoms with Crippen LogP contribution in [-0.4, -0.2) is 36.9 Å². The van der Waals surface area contributed by atoms with E-state index in [0.29, 0.717) is 30.2 Å². The van der Waals surface area contributed by atoms with Gasteiger partial charge in [-0.05, 0) is 37.6 Å². The number of nitrogens with zero attached hydrogens (tertiary/aromatic N) is 2. The number of sulfonamides is 1. The highest BCUT2D eigenvalue weighted by molar-refractivity contribution is 7.89. The minimum Gasteiger partial charge on any atom is -0.487 e. The van der Waals surface area contributed by atoms with E-state index >= 15 is 0 Å². The van der Waals surface area contributed by atoms with Crippen LogP contribution in [0.1, 0.15) is 12.0 Å². The van der Waals surface area contributed by atoms with Crippen molar-refractivity contribution in [3.8, 4) is 5.75 Å². The first kappa shape index (κ1) is 17.0. The molecule has 26 heavy (non-hydrogen) atoms. The fraction of sp³-hybridized carbons (Fsp3) is 0.250. The minimum atomic E-state index is -3.49. The Balaban J connectivity index is 1.52. The zero-order valence-electron chi connectivity index (χ0n) is 14.5. The van der Waals surface area contributed by atoms with Gasteiger partial charge in [-0.3, -0.25) is 4.98 Å². The average molecular weight is 368 g/mol. The minimum absolute atomic E-state index is 0.178. The first-order valence-corrected chi connectivity index (χ1v) is 10.1. The van der Waals surface area contributed by atoms with Gasteiger partial charge in [-0.15, -0.1) is 0 Å². The van der Waals surface area contributed by atoms with Crippen LogP contribution in [0.4, 0.5) is 0 Å². The number of fused-ring (bicyclic) bond motifs is 1. The van der Waals surface area contributed by atoms with Crippen LogP contribution in [0.2, 0.25) is 0 Å². The van der Waals surface area contributed by atoms with E-state index < -0.39 is 10.0 Å². The number of rotatable bonds is 4. The molecular formula is C20H20N2O3S. The molecule has 0 radical (unpaired) electrons. The van der Waals surface area contributed by atoms with Gasteiger partial charge < -0.3 is 4.74 Å². The lowest BCUT2D eigenvalue weighted by Gasteiger charge is -2.18. The Bertz CT molecular complexity index is 1030. The van der Waals surface area contributed by atoms with Gasteiger partial charge in [-0.25, -0.2) is 8.42 Å². The molecule has 0 aliphatic carbocycles. The van der Waals surface area contributed by atoms with Crippen LogP contribution in [0.5, 0.6) is 5.75 Å². The molecule has 6 heteroatoms. The third kappa shape index (κ3) is 3.18. The monoisotopic (exact) mass is 368 g/mol. The number of hydrogen-bond donors (Lipinski definition) is 0. The number of pyridine rings is 1. The maximum absolute atomic E-state index is 12.8. The maximum Gasteiger partial charge on any atom is 0.243 e. The smallest absolute Gasteiger partial charge is 0.243 e. The lowest BCUT2D eigenvalue weighted by atomic mass is 10.2. The molecule has 0 spiro atoms. The normalized spacial score (nSPS) is 18.3. The Morgan fingerprint density at radius 1 is 1.08 bits per heavy atom. The van der Waals surface area contributed by atoms with E-state index in [4.69, 9.17) is 4.74 Å². The molecule has 5 nitrogen and oxygen atoms in total. The molecule has 0 bridgehead atoms. The molecular weight excluding hydrogens is 348 g/mol. The Morgan fingerprint density at radius 3 is 2.65 bits per heavy atom. The zero-order valence-corrected chi connectivity index (χ0v) is 15.3. The molecule has 1 fully saturated rings. The molecule has 1 aliphatic heterocycles. The predicted molar refractivity (Wildman–Crippen MR) is 101 cm³/mol. The number of aryl methyl sites for hydroxylation is 1. The van der Waals surface area contributed by atoms with Gasteiger partial charge >= 0.3 is 0 Å². The van der Waals surface area contributed by atoms with Crippen molar-refractivity contribution in [1.29, 1.82) is 0 Å². The fourth-order valence-electron chi connectivity index (χ4n) is 3.22. The molecule has 1 aromatic heterocycles. The predicted octanol–water partition coefficient (Wildman–Crippen LogP) is 3.39. The van der Waals surface area contributed by atoms with Crippen molar-refractivity contribution < 1.29 is 13.2 Å². The fourth-order valence-corrected chi connectivity index (χ4v) is 4.71. The summed E-state index contributed by atoms with van der Waals surface area (Å²) in [6, 6.07) is 16.6. The molecule has 2 heterocycles. The Morgan fingerprint density at radius 2 is 1.85 bits per heavy atom. The van der Waals surface area contributed by atoms with Crippen LogP contribution < -0.4 is 4.74 Å². The van der Waals surface area contributed by atoms with Crippen LogP contribution in [0, 0.1) is 6.92 Å². The molecule has 2 aromatic carbocycles. The van der Waals surface area contributed by atoms with Gasteiger partial charge in [-0.2, -0.15) is 4.31 Å². The highest BCUT2D eigenvalue weighted by atomic mass is 32.2. The van der Waals surface area contributed by atoms with Crippen LogP contribution in [0.3, 0.4) is 0 Å². The van der Waals surface area contributed by atoms with Crippen molar-refractivity contribution in [2.45, 2.75) is 24.3 Å². The quantitative estimate of drug-likeness (QED) is 0.708. The second-order valence-electron chi connectivity index (χ2n) is 6.54. The van der Waals surface area contributed by atoms with E-state index in [1.54, 1.807) is 18.3 Å². The molecule has 1 unspecified atom stereocenters. The molecule has 0 saturated carbocycles. The Labute approximate surface area is 153 Å². The molecule has 134 valence electrons. The molecule has 0 amide bonds. The van der Waals surface area contributed by atoms with Crippen LogP contribution in [-0.2, 0) is 10.0 Å². The first-order chi connectivity index (χ1) is 12.5. The molecule has 4 rings (SSSR count). The van der Waals surface area contributed by atoms with Gasteiger partial charge in [0.2, 0.25) is 10.0 Å². The summed E-state index contributed by atoms with van der Waals surface area (Å²) >= 11 is 0. The van der Waals surface area contributed by atoms with E-state index in [1.165, 1.54) is 4.31 Å². The van der Waals surface area contributed by atoms with Gasteiger partial charge in [0.15, 0.2) is 0 Å². The largest absolute Gasteiger partial charge is 0.487 e. The van der Waals surface area contributed by atoms with E-state index in [2.05, 4.69) is 4.98 Å². The number of aromatic nitrogens is 1. The summed E-state index contributed by atoms with van der Waals surface area (Å²) in [6.07, 6.45) is 2.22. The standard InChI is InChI=1S/C20H20N2O3S/c1-15-7-9-18(10-8-15)26(23,24)22-13-11-17(14-22)25-19-6-2-4-16-5-3-12-21-20(16)19/h2-10,12,17H,11,13-14H2,1H3. The summed E-state index contributed by atoms with van der Waals surface area (Å²) < 4.78 is 33.2. The number of para-hydroxylation sites is 1. The Kier molecular flexibility index (Phi) is 4.38. The third-order valence-corrected chi connectivity index (χ3v) is 6.54. The summed E-state index contributed by atoms with van der Waals surface area (Å²) in [5.41, 5.74) is 1.84. The van der Waals surface area contributed by atoms with Crippen molar-refractivity contribution >= 4 is 20.9 Å². The second kappa shape index (κ2) is 6.70. The summed E-state index contributed by atoms with van der Waals surface area (Å²) in [4.78, 5) is 4.72. The van der Waals surface area contributed by atoms with Gasteiger partial charge in [0.05, 0.1) is 11.4 Å². The molecule has 1 saturated heterocycles. The van der Waals surface area contributed by atoms with Gasteiger partial charge in [0.25, 0.3) is 0 Å².